The first-order chi connectivity index (χ1) is 4.16. The van der Waals surface area contributed by atoms with Gasteiger partial charge in [-0.3, -0.25) is 4.79 Å². The molecule has 0 spiro atoms. The van der Waals surface area contributed by atoms with Gasteiger partial charge in [0.1, 0.15) is 0 Å². The van der Waals surface area contributed by atoms with E-state index in [1.807, 2.05) is 0 Å². The fraction of sp³-hybridized carbons (Fsp3) is 0.800. The maximum Gasteiger partial charge on any atom is 0.220 e. The van der Waals surface area contributed by atoms with Crippen molar-refractivity contribution in [2.24, 2.45) is 5.73 Å². The molecule has 0 aromatic rings. The summed E-state index contributed by atoms with van der Waals surface area (Å²) in [4.78, 5) is 10.1. The Labute approximate surface area is 53.3 Å². The highest BCUT2D eigenvalue weighted by molar-refractivity contribution is 5.74. The van der Waals surface area contributed by atoms with Crippen molar-refractivity contribution >= 4 is 5.91 Å². The van der Waals surface area contributed by atoms with Crippen LogP contribution in [-0.2, 0) is 4.79 Å². The quantitative estimate of drug-likeness (QED) is 0.441. The summed E-state index contributed by atoms with van der Waals surface area (Å²) in [6.07, 6.45) is -0.642. The molecule has 0 radical (unpaired) electrons. The Morgan fingerprint density at radius 2 is 2.22 bits per heavy atom. The van der Waals surface area contributed by atoms with E-state index in [0.29, 0.717) is 0 Å². The zero-order valence-electron chi connectivity index (χ0n) is 5.08. The van der Waals surface area contributed by atoms with E-state index in [-0.39, 0.29) is 19.4 Å². The van der Waals surface area contributed by atoms with Crippen molar-refractivity contribution < 1.29 is 15.0 Å². The molecule has 0 saturated carbocycles. The van der Waals surface area contributed by atoms with Gasteiger partial charge in [0.25, 0.3) is 0 Å². The Kier molecular flexibility index (Phi) is 4.00. The van der Waals surface area contributed by atoms with E-state index in [1.54, 1.807) is 0 Å². The van der Waals surface area contributed by atoms with E-state index >= 15 is 0 Å². The Bertz CT molecular complexity index is 94.2. The molecule has 4 nitrogen and oxygen atoms in total. The Morgan fingerprint density at radius 1 is 1.67 bits per heavy atom. The molecule has 54 valence electrons. The summed E-state index contributed by atoms with van der Waals surface area (Å²) in [6.45, 7) is -0.117. The van der Waals surface area contributed by atoms with E-state index in [0.717, 1.165) is 0 Å². The molecule has 9 heavy (non-hydrogen) atoms. The maximum absolute atomic E-state index is 10.1. The zero-order valence-corrected chi connectivity index (χ0v) is 5.08. The minimum Gasteiger partial charge on any atom is -0.396 e. The van der Waals surface area contributed by atoms with Crippen LogP contribution >= 0.6 is 0 Å². The van der Waals surface area contributed by atoms with Crippen molar-refractivity contribution in [2.45, 2.75) is 18.9 Å². The fourth-order valence-electron chi connectivity index (χ4n) is 0.483. The summed E-state index contributed by atoms with van der Waals surface area (Å²) in [7, 11) is 0. The average Bonchev–Trinajstić information content (AvgIpc) is 1.63. The van der Waals surface area contributed by atoms with Crippen LogP contribution in [0.15, 0.2) is 0 Å². The van der Waals surface area contributed by atoms with Crippen molar-refractivity contribution in [1.82, 2.24) is 0 Å². The number of carbonyl (C=O) groups is 1. The Morgan fingerprint density at radius 3 is 2.56 bits per heavy atom. The number of aliphatic hydroxyl groups excluding tert-OH is 2. The molecule has 4 heteroatoms. The highest BCUT2D eigenvalue weighted by Gasteiger charge is 2.05. The van der Waals surface area contributed by atoms with Crippen molar-refractivity contribution in [2.75, 3.05) is 6.61 Å². The molecule has 1 atom stereocenters. The van der Waals surface area contributed by atoms with Gasteiger partial charge in [0.15, 0.2) is 0 Å². The number of primary amides is 1. The summed E-state index contributed by atoms with van der Waals surface area (Å²) < 4.78 is 0. The average molecular weight is 133 g/mol. The summed E-state index contributed by atoms with van der Waals surface area (Å²) in [5.41, 5.74) is 4.74. The van der Waals surface area contributed by atoms with Gasteiger partial charge in [-0.05, 0) is 6.42 Å². The molecule has 0 heterocycles. The highest BCUT2D eigenvalue weighted by Crippen LogP contribution is 1.94. The van der Waals surface area contributed by atoms with Crippen LogP contribution in [0.1, 0.15) is 12.8 Å². The highest BCUT2D eigenvalue weighted by atomic mass is 16.3. The minimum atomic E-state index is -0.785. The second-order valence-corrected chi connectivity index (χ2v) is 1.84. The lowest BCUT2D eigenvalue weighted by Gasteiger charge is -2.03. The van der Waals surface area contributed by atoms with Crippen LogP contribution < -0.4 is 5.73 Å². The summed E-state index contributed by atoms with van der Waals surface area (Å²) >= 11 is 0. The first-order valence-electron chi connectivity index (χ1n) is 2.74. The predicted molar refractivity (Wildman–Crippen MR) is 31.5 cm³/mol. The normalized spacial score (nSPS) is 13.1. The van der Waals surface area contributed by atoms with Gasteiger partial charge in [0.05, 0.1) is 12.5 Å². The molecular formula is C5H11NO3. The van der Waals surface area contributed by atoms with E-state index in [4.69, 9.17) is 15.9 Å². The van der Waals surface area contributed by atoms with Crippen LogP contribution in [0, 0.1) is 0 Å². The summed E-state index contributed by atoms with van der Waals surface area (Å²) in [6, 6.07) is 0. The standard InChI is InChI=1S/C5H11NO3/c6-5(9)3-4(8)1-2-7/h4,7-8H,1-3H2,(H2,6,9). The third kappa shape index (κ3) is 5.26. The molecule has 1 amide bonds. The van der Waals surface area contributed by atoms with Crippen molar-refractivity contribution in [1.29, 1.82) is 0 Å². The molecular weight excluding hydrogens is 122 g/mol. The maximum atomic E-state index is 10.1. The van der Waals surface area contributed by atoms with Gasteiger partial charge in [-0.15, -0.1) is 0 Å². The predicted octanol–water partition coefficient (Wildman–Crippen LogP) is -1.39. The molecule has 0 saturated heterocycles. The second-order valence-electron chi connectivity index (χ2n) is 1.84. The lowest BCUT2D eigenvalue weighted by Crippen LogP contribution is -2.20. The first kappa shape index (κ1) is 8.39. The van der Waals surface area contributed by atoms with Gasteiger partial charge in [-0.2, -0.15) is 0 Å². The Hall–Kier alpha value is -0.610. The number of rotatable bonds is 4. The smallest absolute Gasteiger partial charge is 0.220 e. The van der Waals surface area contributed by atoms with E-state index in [2.05, 4.69) is 0 Å². The van der Waals surface area contributed by atoms with Gasteiger partial charge in [-0.25, -0.2) is 0 Å². The Balaban J connectivity index is 3.26. The molecule has 4 N–H and O–H groups in total. The molecule has 1 unspecified atom stereocenters. The van der Waals surface area contributed by atoms with Crippen LogP contribution in [0.2, 0.25) is 0 Å². The van der Waals surface area contributed by atoms with Gasteiger partial charge < -0.3 is 15.9 Å². The number of hydrogen-bond donors (Lipinski definition) is 3. The van der Waals surface area contributed by atoms with Crippen molar-refractivity contribution in [3.8, 4) is 0 Å². The molecule has 0 bridgehead atoms. The summed E-state index contributed by atoms with van der Waals surface area (Å²) in [5.74, 6) is -0.545. The van der Waals surface area contributed by atoms with Gasteiger partial charge in [-0.1, -0.05) is 0 Å². The van der Waals surface area contributed by atoms with E-state index in [9.17, 15) is 4.79 Å². The van der Waals surface area contributed by atoms with E-state index < -0.39 is 12.0 Å². The van der Waals surface area contributed by atoms with Crippen molar-refractivity contribution in [3.05, 3.63) is 0 Å². The second kappa shape index (κ2) is 4.29. The summed E-state index contributed by atoms with van der Waals surface area (Å²) in [5, 5.41) is 17.0. The van der Waals surface area contributed by atoms with Crippen molar-refractivity contribution in [3.63, 3.8) is 0 Å². The van der Waals surface area contributed by atoms with Crippen LogP contribution in [0.4, 0.5) is 0 Å². The lowest BCUT2D eigenvalue weighted by atomic mass is 10.2. The first-order valence-corrected chi connectivity index (χ1v) is 2.74. The number of carbonyl (C=O) groups excluding carboxylic acids is 1. The third-order valence-corrected chi connectivity index (χ3v) is 0.899. The zero-order chi connectivity index (χ0) is 7.28. The lowest BCUT2D eigenvalue weighted by molar-refractivity contribution is -0.120. The number of nitrogens with two attached hydrogens (primary N) is 1. The number of hydrogen-bond acceptors (Lipinski definition) is 3. The van der Waals surface area contributed by atoms with Gasteiger partial charge in [0.2, 0.25) is 5.91 Å². The molecule has 0 rings (SSSR count). The molecule has 0 aliphatic heterocycles. The molecule has 0 aromatic carbocycles. The third-order valence-electron chi connectivity index (χ3n) is 0.899. The number of aliphatic hydroxyl groups is 2. The fourth-order valence-corrected chi connectivity index (χ4v) is 0.483. The van der Waals surface area contributed by atoms with Crippen LogP contribution in [0.25, 0.3) is 0 Å². The molecule has 0 aromatic heterocycles. The van der Waals surface area contributed by atoms with Crippen LogP contribution in [0.5, 0.6) is 0 Å². The topological polar surface area (TPSA) is 83.6 Å². The number of amides is 1. The monoisotopic (exact) mass is 133 g/mol. The molecule has 0 aliphatic rings. The SMILES string of the molecule is NC(=O)CC(O)CCO. The van der Waals surface area contributed by atoms with Crippen LogP contribution in [0.3, 0.4) is 0 Å². The molecule has 0 fully saturated rings. The largest absolute Gasteiger partial charge is 0.396 e. The van der Waals surface area contributed by atoms with Crippen LogP contribution in [-0.4, -0.2) is 28.8 Å². The van der Waals surface area contributed by atoms with E-state index in [1.165, 1.54) is 0 Å². The molecule has 0 aliphatic carbocycles. The van der Waals surface area contributed by atoms with Gasteiger partial charge in [0, 0.05) is 6.61 Å². The minimum absolute atomic E-state index is 0.0689. The van der Waals surface area contributed by atoms with Gasteiger partial charge >= 0.3 is 0 Å².